The zero-order valence-electron chi connectivity index (χ0n) is 18.3. The summed E-state index contributed by atoms with van der Waals surface area (Å²) in [6.45, 7) is 0.450. The summed E-state index contributed by atoms with van der Waals surface area (Å²) < 4.78 is 25.9. The van der Waals surface area contributed by atoms with Crippen molar-refractivity contribution in [3.63, 3.8) is 0 Å². The van der Waals surface area contributed by atoms with E-state index in [0.717, 1.165) is 22.0 Å². The topological polar surface area (TPSA) is 72.1 Å². The molecule has 0 radical (unpaired) electrons. The quantitative estimate of drug-likeness (QED) is 0.348. The van der Waals surface area contributed by atoms with Gasteiger partial charge >= 0.3 is 0 Å². The smallest absolute Gasteiger partial charge is 0.164 e. The van der Waals surface area contributed by atoms with Crippen LogP contribution in [0.4, 0.5) is 10.2 Å². The average molecular weight is 442 g/mol. The van der Waals surface area contributed by atoms with Crippen LogP contribution in [0.1, 0.15) is 17.0 Å². The number of aromatic amines is 1. The second kappa shape index (κ2) is 8.78. The summed E-state index contributed by atoms with van der Waals surface area (Å²) in [6, 6.07) is 18.8. The Balaban J connectivity index is 1.62. The Kier molecular flexibility index (Phi) is 5.52. The standard InChI is InChI=1S/C26H23FN4O2/c1-32-23-12-5-8-17(25(23)33-2)19(18-13-28-21-10-4-3-7-16(18)21)14-29-26-24-20(27)9-6-11-22(24)30-15-31-26/h3-13,15,19,28H,14H2,1-2H3,(H,29,30,31). The van der Waals surface area contributed by atoms with Gasteiger partial charge in [0.2, 0.25) is 0 Å². The van der Waals surface area contributed by atoms with Gasteiger partial charge in [0.05, 0.1) is 25.1 Å². The van der Waals surface area contributed by atoms with Crippen LogP contribution < -0.4 is 14.8 Å². The number of hydrogen-bond donors (Lipinski definition) is 2. The second-order valence-corrected chi connectivity index (χ2v) is 7.66. The number of ether oxygens (including phenoxy) is 2. The van der Waals surface area contributed by atoms with Crippen LogP contribution in [0.3, 0.4) is 0 Å². The lowest BCUT2D eigenvalue weighted by Crippen LogP contribution is -2.16. The highest BCUT2D eigenvalue weighted by Crippen LogP contribution is 2.40. The normalized spacial score (nSPS) is 12.1. The molecule has 0 aliphatic rings. The first-order valence-corrected chi connectivity index (χ1v) is 10.6. The van der Waals surface area contributed by atoms with Gasteiger partial charge in [-0.25, -0.2) is 14.4 Å². The minimum absolute atomic E-state index is 0.136. The summed E-state index contributed by atoms with van der Waals surface area (Å²) in [5, 5.41) is 4.84. The number of rotatable bonds is 7. The predicted octanol–water partition coefficient (Wildman–Crippen LogP) is 5.51. The van der Waals surface area contributed by atoms with Crippen LogP contribution in [0.5, 0.6) is 11.5 Å². The van der Waals surface area contributed by atoms with E-state index >= 15 is 0 Å². The third kappa shape index (κ3) is 3.71. The number of nitrogens with one attached hydrogen (secondary N) is 2. The molecule has 0 spiro atoms. The highest BCUT2D eigenvalue weighted by Gasteiger charge is 2.24. The predicted molar refractivity (Wildman–Crippen MR) is 128 cm³/mol. The molecule has 0 saturated heterocycles. The molecule has 0 aliphatic carbocycles. The SMILES string of the molecule is COc1cccc(C(CNc2ncnc3cccc(F)c23)c2c[nH]c3ccccc23)c1OC. The lowest BCUT2D eigenvalue weighted by atomic mass is 9.89. The molecule has 7 heteroatoms. The number of H-pyrrole nitrogens is 1. The molecule has 1 unspecified atom stereocenters. The van der Waals surface area contributed by atoms with Crippen LogP contribution in [-0.4, -0.2) is 35.7 Å². The minimum Gasteiger partial charge on any atom is -0.493 e. The van der Waals surface area contributed by atoms with Crippen molar-refractivity contribution in [2.75, 3.05) is 26.1 Å². The molecule has 0 fully saturated rings. The molecule has 2 N–H and O–H groups in total. The van der Waals surface area contributed by atoms with Gasteiger partial charge in [-0.05, 0) is 29.8 Å². The number of halogens is 1. The zero-order valence-corrected chi connectivity index (χ0v) is 18.3. The lowest BCUT2D eigenvalue weighted by Gasteiger charge is -2.22. The van der Waals surface area contributed by atoms with Gasteiger partial charge in [0.25, 0.3) is 0 Å². The highest BCUT2D eigenvalue weighted by molar-refractivity contribution is 5.89. The zero-order chi connectivity index (χ0) is 22.8. The molecule has 1 atom stereocenters. The summed E-state index contributed by atoms with van der Waals surface area (Å²) in [4.78, 5) is 11.9. The number of nitrogens with zero attached hydrogens (tertiary/aromatic N) is 2. The third-order valence-electron chi connectivity index (χ3n) is 5.89. The van der Waals surface area contributed by atoms with Gasteiger partial charge in [-0.3, -0.25) is 0 Å². The van der Waals surface area contributed by atoms with Crippen molar-refractivity contribution in [3.8, 4) is 11.5 Å². The molecule has 2 heterocycles. The molecule has 0 aliphatic heterocycles. The summed E-state index contributed by atoms with van der Waals surface area (Å²) in [6.07, 6.45) is 3.45. The summed E-state index contributed by atoms with van der Waals surface area (Å²) in [5.41, 5.74) is 3.63. The van der Waals surface area contributed by atoms with Crippen molar-refractivity contribution in [1.82, 2.24) is 15.0 Å². The number of benzene rings is 3. The Bertz CT molecular complexity index is 1430. The van der Waals surface area contributed by atoms with E-state index in [1.54, 1.807) is 26.4 Å². The van der Waals surface area contributed by atoms with Crippen molar-refractivity contribution < 1.29 is 13.9 Å². The largest absolute Gasteiger partial charge is 0.493 e. The number of aromatic nitrogens is 3. The number of hydrogen-bond acceptors (Lipinski definition) is 5. The number of methoxy groups -OCH3 is 2. The van der Waals surface area contributed by atoms with Crippen LogP contribution in [0.25, 0.3) is 21.8 Å². The van der Waals surface area contributed by atoms with E-state index in [0.29, 0.717) is 34.8 Å². The minimum atomic E-state index is -0.363. The summed E-state index contributed by atoms with van der Waals surface area (Å²) in [7, 11) is 3.25. The van der Waals surface area contributed by atoms with Crippen molar-refractivity contribution in [2.45, 2.75) is 5.92 Å². The first-order valence-electron chi connectivity index (χ1n) is 10.6. The second-order valence-electron chi connectivity index (χ2n) is 7.66. The maximum atomic E-state index is 14.6. The van der Waals surface area contributed by atoms with Gasteiger partial charge in [0.15, 0.2) is 11.5 Å². The number of para-hydroxylation sites is 2. The average Bonchev–Trinajstić information content (AvgIpc) is 3.28. The molecule has 3 aromatic carbocycles. The van der Waals surface area contributed by atoms with Crippen molar-refractivity contribution in [1.29, 1.82) is 0 Å². The highest BCUT2D eigenvalue weighted by atomic mass is 19.1. The Labute approximate surface area is 190 Å². The molecule has 0 amide bonds. The Morgan fingerprint density at radius 2 is 1.79 bits per heavy atom. The first kappa shape index (κ1) is 20.8. The Morgan fingerprint density at radius 1 is 0.939 bits per heavy atom. The first-order chi connectivity index (χ1) is 16.2. The number of anilines is 1. The monoisotopic (exact) mass is 442 g/mol. The fourth-order valence-corrected chi connectivity index (χ4v) is 4.36. The fraction of sp³-hybridized carbons (Fsp3) is 0.154. The van der Waals surface area contributed by atoms with Crippen LogP contribution >= 0.6 is 0 Å². The van der Waals surface area contributed by atoms with E-state index in [2.05, 4.69) is 26.3 Å². The maximum absolute atomic E-state index is 14.6. The van der Waals surface area contributed by atoms with Gasteiger partial charge in [-0.2, -0.15) is 0 Å². The molecule has 5 rings (SSSR count). The van der Waals surface area contributed by atoms with E-state index in [-0.39, 0.29) is 11.7 Å². The third-order valence-corrected chi connectivity index (χ3v) is 5.89. The molecule has 0 saturated carbocycles. The van der Waals surface area contributed by atoms with E-state index < -0.39 is 0 Å². The van der Waals surface area contributed by atoms with Gasteiger partial charge in [-0.1, -0.05) is 36.4 Å². The van der Waals surface area contributed by atoms with Crippen LogP contribution in [0.2, 0.25) is 0 Å². The van der Waals surface area contributed by atoms with Crippen LogP contribution in [0.15, 0.2) is 73.2 Å². The Morgan fingerprint density at radius 3 is 2.64 bits per heavy atom. The van der Waals surface area contributed by atoms with Gasteiger partial charge in [0.1, 0.15) is 18.0 Å². The lowest BCUT2D eigenvalue weighted by molar-refractivity contribution is 0.350. The molecule has 0 bridgehead atoms. The molecule has 6 nitrogen and oxygen atoms in total. The van der Waals surface area contributed by atoms with Crippen molar-refractivity contribution >= 4 is 27.6 Å². The fourth-order valence-electron chi connectivity index (χ4n) is 4.36. The molecular formula is C26H23FN4O2. The Hall–Kier alpha value is -4.13. The summed E-state index contributed by atoms with van der Waals surface area (Å²) >= 11 is 0. The van der Waals surface area contributed by atoms with Crippen molar-refractivity contribution in [2.24, 2.45) is 0 Å². The van der Waals surface area contributed by atoms with E-state index in [4.69, 9.17) is 9.47 Å². The molecule has 5 aromatic rings. The molecule has 2 aromatic heterocycles. The molecule has 33 heavy (non-hydrogen) atoms. The number of fused-ring (bicyclic) bond motifs is 2. The maximum Gasteiger partial charge on any atom is 0.164 e. The van der Waals surface area contributed by atoms with Crippen molar-refractivity contribution in [3.05, 3.63) is 90.1 Å². The van der Waals surface area contributed by atoms with Gasteiger partial charge in [-0.15, -0.1) is 0 Å². The van der Waals surface area contributed by atoms with E-state index in [1.807, 2.05) is 42.6 Å². The van der Waals surface area contributed by atoms with Gasteiger partial charge < -0.3 is 19.8 Å². The molecular weight excluding hydrogens is 419 g/mol. The van der Waals surface area contributed by atoms with Crippen LogP contribution in [0, 0.1) is 5.82 Å². The molecule has 166 valence electrons. The summed E-state index contributed by atoms with van der Waals surface area (Å²) in [5.74, 6) is 1.26. The van der Waals surface area contributed by atoms with E-state index in [1.165, 1.54) is 12.4 Å². The van der Waals surface area contributed by atoms with Gasteiger partial charge in [0, 0.05) is 35.1 Å². The van der Waals surface area contributed by atoms with E-state index in [9.17, 15) is 4.39 Å². The van der Waals surface area contributed by atoms with Crippen LogP contribution in [-0.2, 0) is 0 Å².